The van der Waals surface area contributed by atoms with Crippen molar-refractivity contribution < 1.29 is 31.8 Å². The van der Waals surface area contributed by atoms with Gasteiger partial charge in [0, 0.05) is 52.2 Å². The molecule has 0 aliphatic heterocycles. The summed E-state index contributed by atoms with van der Waals surface area (Å²) in [6.45, 7) is 53.3. The number of ketones is 1. The number of likely N-dealkylation sites (N-methyl/N-ethyl adjacent to an activating group) is 1. The predicted molar refractivity (Wildman–Crippen MR) is 488 cm³/mol. The Bertz CT molecular complexity index is 3990. The average Bonchev–Trinajstić information content (AvgIpc) is 0.902. The second-order valence-electron chi connectivity index (χ2n) is 31.5. The monoisotopic (exact) mass is 1650 g/mol. The van der Waals surface area contributed by atoms with Crippen molar-refractivity contribution in [3.8, 4) is 11.5 Å². The smallest absolute Gasteiger partial charge is 0.159 e. The summed E-state index contributed by atoms with van der Waals surface area (Å²) < 4.78 is 62.4. The van der Waals surface area contributed by atoms with Gasteiger partial charge in [0.2, 0.25) is 0 Å². The standard InChI is InChI=1S/C20H25NO2.C14H21NO.C13H17ClFN.2C13H18ClN.C13H17F2N.C13H18FN/c1-15(2)20(22)19(21-3)13-16-9-11-18(12-10-16)23-14-17-7-5-4-6-8-17;1-10(2)11(3)14(15)9-12-5-7-13(16-4)8-6-12;1-8(2)9(3)13(16)7-10-4-5-11(14)12(15)6-10;2*1-9(2)10(3)13(15)8-11-4-6-12(14)7-5-11;1-8(2)9(3)13(16)7-10-4-5-11(14)12(15)6-10;1-9(2)10(3)13(15)8-11-4-6-12(14)7-5-11/h4-12,15,19,21H,13-14H2,1-3H3;5-8,10,14H,3,9,15H2,1-2,4H3;4-6,8,13H,3,7,16H2,1-2H3;2*4-7,9,13H,3,8,15H2,1-2H3;4-6,8,13H,3,7,16H2,1-2H3;4-7,9,13H,3,8,15H2,1-2H3/t19-;14-;5*13-/m1111011/s1. The SMILES string of the molecule is C=C(C(C)C)[C@@H](N)Cc1ccc(Cl)cc1.C=C(C(C)C)[C@H](N)Cc1ccc(Cl)c(F)c1.C=C(C(C)C)[C@H](N)Cc1ccc(Cl)cc1.C=C(C(C)C)[C@H](N)Cc1ccc(F)c(F)c1.C=C(C(C)C)[C@H](N)Cc1ccc(F)cc1.C=C(C(C)C)[C@H](N)Cc1ccc(OC)cc1.CN[C@H](Cc1ccc(OCc2ccccc2)cc1)C(=O)C(C)C. The maximum atomic E-state index is 13.2. The van der Waals surface area contributed by atoms with Gasteiger partial charge in [0.05, 0.1) is 18.2 Å². The van der Waals surface area contributed by atoms with Gasteiger partial charge in [-0.1, -0.05) is 308 Å². The summed E-state index contributed by atoms with van der Waals surface area (Å²) in [6, 6.07) is 56.3. The number of Topliss-reactive ketones (excluding diaryl/α,β-unsaturated/α-hetero) is 1. The third-order valence-electron chi connectivity index (χ3n) is 19.8. The van der Waals surface area contributed by atoms with Crippen molar-refractivity contribution in [3.05, 3.63) is 344 Å². The van der Waals surface area contributed by atoms with Crippen LogP contribution in [0, 0.1) is 64.7 Å². The van der Waals surface area contributed by atoms with Crippen LogP contribution in [0.4, 0.5) is 17.6 Å². The number of hydrogen-bond acceptors (Lipinski definition) is 10. The summed E-state index contributed by atoms with van der Waals surface area (Å²) in [5.74, 6) is 2.06. The summed E-state index contributed by atoms with van der Waals surface area (Å²) in [7, 11) is 3.50. The molecular formula is C99H134Cl3F4N7O3. The first-order valence-corrected chi connectivity index (χ1v) is 41.0. The maximum absolute atomic E-state index is 13.2. The van der Waals surface area contributed by atoms with Crippen molar-refractivity contribution >= 4 is 40.6 Å². The lowest BCUT2D eigenvalue weighted by Crippen LogP contribution is -2.38. The lowest BCUT2D eigenvalue weighted by atomic mass is 9.93. The number of rotatable bonds is 33. The fraction of sp³-hybridized carbons (Fsp3) is 0.384. The Morgan fingerprint density at radius 2 is 0.629 bits per heavy atom. The van der Waals surface area contributed by atoms with Crippen molar-refractivity contribution in [1.29, 1.82) is 0 Å². The molecule has 116 heavy (non-hydrogen) atoms. The summed E-state index contributed by atoms with van der Waals surface area (Å²) in [5, 5.41) is 4.77. The van der Waals surface area contributed by atoms with Crippen molar-refractivity contribution in [3.63, 3.8) is 0 Å². The number of halogens is 7. The van der Waals surface area contributed by atoms with E-state index in [1.807, 2.05) is 176 Å². The molecule has 0 unspecified atom stereocenters. The number of nitrogens with one attached hydrogen (secondary N) is 1. The molecular weight excluding hydrogens is 1520 g/mol. The summed E-state index contributed by atoms with van der Waals surface area (Å²) in [6.07, 6.45) is 4.98. The highest BCUT2D eigenvalue weighted by Crippen LogP contribution is 2.25. The van der Waals surface area contributed by atoms with E-state index in [9.17, 15) is 22.4 Å². The number of methoxy groups -OCH3 is 1. The van der Waals surface area contributed by atoms with Gasteiger partial charge in [-0.2, -0.15) is 0 Å². The van der Waals surface area contributed by atoms with E-state index in [2.05, 4.69) is 100 Å². The third-order valence-corrected chi connectivity index (χ3v) is 20.6. The number of carbonyl (C=O) groups excluding carboxylic acids is 1. The predicted octanol–water partition coefficient (Wildman–Crippen LogP) is 22.8. The fourth-order valence-electron chi connectivity index (χ4n) is 11.3. The Hall–Kier alpha value is -8.22. The van der Waals surface area contributed by atoms with E-state index in [-0.39, 0.29) is 64.8 Å². The van der Waals surface area contributed by atoms with E-state index >= 15 is 0 Å². The van der Waals surface area contributed by atoms with Gasteiger partial charge in [0.25, 0.3) is 0 Å². The maximum Gasteiger partial charge on any atom is 0.159 e. The molecule has 10 nitrogen and oxygen atoms in total. The highest BCUT2D eigenvalue weighted by atomic mass is 35.5. The summed E-state index contributed by atoms with van der Waals surface area (Å²) in [4.78, 5) is 12.1. The molecule has 0 aromatic heterocycles. The molecule has 0 radical (unpaired) electrons. The van der Waals surface area contributed by atoms with E-state index < -0.39 is 17.5 Å². The Balaban J connectivity index is 0.000000462. The molecule has 0 spiro atoms. The minimum absolute atomic E-state index is 0.0335. The summed E-state index contributed by atoms with van der Waals surface area (Å²) >= 11 is 17.2. The topological polar surface area (TPSA) is 204 Å². The second-order valence-corrected chi connectivity index (χ2v) is 32.8. The van der Waals surface area contributed by atoms with E-state index in [1.54, 1.807) is 37.4 Å². The largest absolute Gasteiger partial charge is 0.497 e. The number of benzene rings is 8. The zero-order valence-corrected chi connectivity index (χ0v) is 74.0. The van der Waals surface area contributed by atoms with Crippen LogP contribution >= 0.6 is 34.8 Å². The van der Waals surface area contributed by atoms with E-state index in [0.717, 1.165) is 109 Å². The zero-order chi connectivity index (χ0) is 87.6. The molecule has 0 aliphatic carbocycles. The quantitative estimate of drug-likeness (QED) is 0.0153. The van der Waals surface area contributed by atoms with Gasteiger partial charge in [-0.15, -0.1) is 0 Å². The van der Waals surface area contributed by atoms with Crippen LogP contribution in [0.1, 0.15) is 141 Å². The van der Waals surface area contributed by atoms with Crippen molar-refractivity contribution in [2.24, 2.45) is 75.8 Å². The Morgan fingerprint density at radius 1 is 0.345 bits per heavy atom. The molecule has 632 valence electrons. The highest BCUT2D eigenvalue weighted by Gasteiger charge is 2.21. The number of ether oxygens (including phenoxy) is 2. The van der Waals surface area contributed by atoms with Crippen LogP contribution in [0.3, 0.4) is 0 Å². The molecule has 8 aromatic carbocycles. The second kappa shape index (κ2) is 54.7. The first-order chi connectivity index (χ1) is 54.5. The van der Waals surface area contributed by atoms with Crippen LogP contribution in [-0.4, -0.2) is 62.2 Å². The lowest BCUT2D eigenvalue weighted by molar-refractivity contribution is -0.123. The van der Waals surface area contributed by atoms with Gasteiger partial charge in [0.1, 0.15) is 29.7 Å². The molecule has 0 bridgehead atoms. The third kappa shape index (κ3) is 40.8. The van der Waals surface area contributed by atoms with Gasteiger partial charge in [-0.05, 0) is 217 Å². The molecule has 0 aliphatic rings. The average molecular weight is 1650 g/mol. The molecule has 0 saturated carbocycles. The van der Waals surface area contributed by atoms with Gasteiger partial charge < -0.3 is 49.2 Å². The molecule has 0 heterocycles. The van der Waals surface area contributed by atoms with E-state index in [1.165, 1.54) is 41.0 Å². The van der Waals surface area contributed by atoms with E-state index in [4.69, 9.17) is 78.7 Å². The minimum atomic E-state index is -0.833. The van der Waals surface area contributed by atoms with Crippen LogP contribution in [0.25, 0.3) is 0 Å². The Kier molecular flexibility index (Phi) is 49.0. The van der Waals surface area contributed by atoms with Gasteiger partial charge in [-0.25, -0.2) is 17.6 Å². The van der Waals surface area contributed by atoms with Crippen LogP contribution in [0.5, 0.6) is 11.5 Å². The summed E-state index contributed by atoms with van der Waals surface area (Å²) in [5.41, 5.74) is 50.8. The molecule has 13 N–H and O–H groups in total. The Labute approximate surface area is 709 Å². The molecule has 7 atom stereocenters. The van der Waals surface area contributed by atoms with Crippen molar-refractivity contribution in [2.45, 2.75) is 191 Å². The lowest BCUT2D eigenvalue weighted by Gasteiger charge is -2.18. The highest BCUT2D eigenvalue weighted by molar-refractivity contribution is 6.31. The van der Waals surface area contributed by atoms with Gasteiger partial charge >= 0.3 is 0 Å². The zero-order valence-electron chi connectivity index (χ0n) is 71.7. The fourth-order valence-corrected chi connectivity index (χ4v) is 11.7. The van der Waals surface area contributed by atoms with Gasteiger partial charge in [0.15, 0.2) is 17.4 Å². The number of carbonyl (C=O) groups is 1. The van der Waals surface area contributed by atoms with Crippen LogP contribution in [0.2, 0.25) is 15.1 Å². The van der Waals surface area contributed by atoms with Crippen molar-refractivity contribution in [2.75, 3.05) is 14.2 Å². The molecule has 8 aromatic rings. The normalized spacial score (nSPS) is 12.7. The first-order valence-electron chi connectivity index (χ1n) is 39.8. The first kappa shape index (κ1) is 104. The van der Waals surface area contributed by atoms with Crippen molar-refractivity contribution in [1.82, 2.24) is 5.32 Å². The van der Waals surface area contributed by atoms with E-state index in [0.29, 0.717) is 66.9 Å². The molecule has 17 heteroatoms. The minimum Gasteiger partial charge on any atom is -0.497 e. The number of hydrogen-bond donors (Lipinski definition) is 7. The molecule has 0 saturated heterocycles. The Morgan fingerprint density at radius 3 is 0.931 bits per heavy atom. The molecule has 0 amide bonds. The van der Waals surface area contributed by atoms with Crippen LogP contribution in [-0.2, 0) is 56.3 Å². The molecule has 8 rings (SSSR count). The van der Waals surface area contributed by atoms with Crippen LogP contribution < -0.4 is 49.2 Å². The van der Waals surface area contributed by atoms with Gasteiger partial charge in [-0.3, -0.25) is 4.79 Å². The van der Waals surface area contributed by atoms with Crippen LogP contribution in [0.15, 0.2) is 261 Å². The number of nitrogens with two attached hydrogens (primary N) is 6. The molecule has 0 fully saturated rings.